The Kier molecular flexibility index (Phi) is 3.60. The van der Waals surface area contributed by atoms with E-state index < -0.39 is 0 Å². The fraction of sp³-hybridized carbons (Fsp3) is 0.0909. The van der Waals surface area contributed by atoms with E-state index in [9.17, 15) is 0 Å². The number of hydrogen-bond donors (Lipinski definition) is 0. The van der Waals surface area contributed by atoms with Crippen molar-refractivity contribution in [3.05, 3.63) is 42.8 Å². The van der Waals surface area contributed by atoms with E-state index in [-0.39, 0.29) is 0 Å². The van der Waals surface area contributed by atoms with Gasteiger partial charge in [0.25, 0.3) is 0 Å². The number of thiophene rings is 1. The van der Waals surface area contributed by atoms with E-state index in [1.54, 1.807) is 11.3 Å². The highest BCUT2D eigenvalue weighted by Crippen LogP contribution is 2.39. The maximum Gasteiger partial charge on any atom is 0.0592 e. The van der Waals surface area contributed by atoms with Crippen LogP contribution in [0.4, 0.5) is 0 Å². The largest absolute Gasteiger partial charge is 0.142 e. The maximum absolute atomic E-state index is 6.13. The summed E-state index contributed by atoms with van der Waals surface area (Å²) in [6, 6.07) is 5.85. The second-order valence-electron chi connectivity index (χ2n) is 3.13. The van der Waals surface area contributed by atoms with Gasteiger partial charge in [-0.25, -0.2) is 0 Å². The first-order valence-corrected chi connectivity index (χ1v) is 7.00. The topological polar surface area (TPSA) is 0 Å². The van der Waals surface area contributed by atoms with Crippen molar-refractivity contribution in [1.29, 1.82) is 0 Å². The van der Waals surface area contributed by atoms with Crippen molar-refractivity contribution in [2.24, 2.45) is 0 Å². The molecule has 0 amide bonds. The van der Waals surface area contributed by atoms with E-state index in [4.69, 9.17) is 23.2 Å². The normalized spacial score (nSPS) is 10.7. The average Bonchev–Trinajstić information content (AvgIpc) is 2.60. The quantitative estimate of drug-likeness (QED) is 0.572. The molecule has 0 aliphatic carbocycles. The Bertz CT molecular complexity index is 505. The highest BCUT2D eigenvalue weighted by molar-refractivity contribution is 14.1. The summed E-state index contributed by atoms with van der Waals surface area (Å²) in [5.74, 6) is 0. The fourth-order valence-electron chi connectivity index (χ4n) is 1.40. The maximum atomic E-state index is 6.13. The van der Waals surface area contributed by atoms with Gasteiger partial charge >= 0.3 is 0 Å². The molecule has 15 heavy (non-hydrogen) atoms. The summed E-state index contributed by atoms with van der Waals surface area (Å²) in [7, 11) is 0. The van der Waals surface area contributed by atoms with Crippen LogP contribution in [0.3, 0.4) is 0 Å². The lowest BCUT2D eigenvalue weighted by atomic mass is 10.1. The molecule has 0 saturated heterocycles. The third-order valence-electron chi connectivity index (χ3n) is 2.19. The molecule has 0 spiro atoms. The van der Waals surface area contributed by atoms with Crippen molar-refractivity contribution in [1.82, 2.24) is 0 Å². The van der Waals surface area contributed by atoms with Crippen LogP contribution in [0.1, 0.15) is 5.56 Å². The molecule has 0 unspecified atom stereocenters. The highest BCUT2D eigenvalue weighted by Gasteiger charge is 2.13. The molecule has 78 valence electrons. The van der Waals surface area contributed by atoms with E-state index in [1.165, 1.54) is 3.57 Å². The van der Waals surface area contributed by atoms with Crippen LogP contribution in [0.5, 0.6) is 0 Å². The summed E-state index contributed by atoms with van der Waals surface area (Å²) < 4.78 is 1.18. The molecular formula is C11H7Cl2IS. The monoisotopic (exact) mass is 368 g/mol. The number of halogens is 3. The lowest BCUT2D eigenvalue weighted by Crippen LogP contribution is -1.87. The van der Waals surface area contributed by atoms with Crippen LogP contribution in [0.25, 0.3) is 10.4 Å². The predicted octanol–water partition coefficient (Wildman–Crippen LogP) is 5.63. The zero-order valence-corrected chi connectivity index (χ0v) is 12.3. The van der Waals surface area contributed by atoms with Crippen LogP contribution in [-0.2, 0) is 0 Å². The molecule has 0 atom stereocenters. The first kappa shape index (κ1) is 11.7. The van der Waals surface area contributed by atoms with Crippen LogP contribution in [0.15, 0.2) is 23.6 Å². The molecule has 2 rings (SSSR count). The van der Waals surface area contributed by atoms with Crippen LogP contribution in [0, 0.1) is 10.5 Å². The van der Waals surface area contributed by atoms with Gasteiger partial charge in [-0.1, -0.05) is 23.2 Å². The molecule has 4 heteroatoms. The van der Waals surface area contributed by atoms with Gasteiger partial charge in [-0.3, -0.25) is 0 Å². The van der Waals surface area contributed by atoms with E-state index in [2.05, 4.69) is 22.6 Å². The summed E-state index contributed by atoms with van der Waals surface area (Å²) in [4.78, 5) is 1.10. The molecule has 0 nitrogen and oxygen atoms in total. The van der Waals surface area contributed by atoms with Gasteiger partial charge < -0.3 is 0 Å². The Morgan fingerprint density at radius 1 is 1.13 bits per heavy atom. The Morgan fingerprint density at radius 3 is 2.47 bits per heavy atom. The van der Waals surface area contributed by atoms with E-state index in [0.717, 1.165) is 26.0 Å². The van der Waals surface area contributed by atoms with Crippen LogP contribution >= 0.6 is 57.1 Å². The van der Waals surface area contributed by atoms with E-state index in [0.29, 0.717) is 0 Å². The van der Waals surface area contributed by atoms with Crippen molar-refractivity contribution < 1.29 is 0 Å². The second kappa shape index (κ2) is 4.62. The van der Waals surface area contributed by atoms with Crippen molar-refractivity contribution in [2.75, 3.05) is 0 Å². The van der Waals surface area contributed by atoms with Gasteiger partial charge in [-0.15, -0.1) is 11.3 Å². The SMILES string of the molecule is Cc1c(Cl)ccc(I)c1-c1sccc1Cl. The van der Waals surface area contributed by atoms with Crippen molar-refractivity contribution in [3.8, 4) is 10.4 Å². The number of benzene rings is 1. The molecule has 1 heterocycles. The van der Waals surface area contributed by atoms with Crippen molar-refractivity contribution in [3.63, 3.8) is 0 Å². The summed E-state index contributed by atoms with van der Waals surface area (Å²) in [5, 5.41) is 3.58. The zero-order chi connectivity index (χ0) is 11.0. The van der Waals surface area contributed by atoms with Gasteiger partial charge in [0.1, 0.15) is 0 Å². The molecule has 0 saturated carbocycles. The molecule has 0 N–H and O–H groups in total. The van der Waals surface area contributed by atoms with Crippen LogP contribution in [-0.4, -0.2) is 0 Å². The standard InChI is InChI=1S/C11H7Cl2IS/c1-6-7(12)2-3-9(14)10(6)11-8(13)4-5-15-11/h2-5H,1H3. The molecule has 0 aliphatic rings. The highest BCUT2D eigenvalue weighted by atomic mass is 127. The second-order valence-corrected chi connectivity index (χ2v) is 6.02. The Balaban J connectivity index is 2.72. The molecule has 1 aromatic carbocycles. The minimum atomic E-state index is 0.787. The average molecular weight is 369 g/mol. The van der Waals surface area contributed by atoms with Gasteiger partial charge in [0, 0.05) is 14.2 Å². The van der Waals surface area contributed by atoms with Gasteiger partial charge in [0.2, 0.25) is 0 Å². The first-order valence-electron chi connectivity index (χ1n) is 4.29. The molecular weight excluding hydrogens is 362 g/mol. The van der Waals surface area contributed by atoms with Gasteiger partial charge in [-0.2, -0.15) is 0 Å². The number of hydrogen-bond acceptors (Lipinski definition) is 1. The predicted molar refractivity (Wildman–Crippen MR) is 77.2 cm³/mol. The van der Waals surface area contributed by atoms with Crippen LogP contribution < -0.4 is 0 Å². The summed E-state index contributed by atoms with van der Waals surface area (Å²) >= 11 is 16.2. The third-order valence-corrected chi connectivity index (χ3v) is 4.86. The van der Waals surface area contributed by atoms with Gasteiger partial charge in [0.15, 0.2) is 0 Å². The van der Waals surface area contributed by atoms with Gasteiger partial charge in [0.05, 0.1) is 9.90 Å². The molecule has 0 radical (unpaired) electrons. The summed E-state index contributed by atoms with van der Waals surface area (Å²) in [5.41, 5.74) is 2.25. The van der Waals surface area contributed by atoms with Crippen LogP contribution in [0.2, 0.25) is 10.0 Å². The Labute approximate surface area is 116 Å². The van der Waals surface area contributed by atoms with E-state index >= 15 is 0 Å². The Hall–Kier alpha value is 0.230. The molecule has 1 aromatic heterocycles. The minimum Gasteiger partial charge on any atom is -0.142 e. The minimum absolute atomic E-state index is 0.787. The summed E-state index contributed by atoms with van der Waals surface area (Å²) in [6.45, 7) is 2.02. The number of rotatable bonds is 1. The summed E-state index contributed by atoms with van der Waals surface area (Å²) in [6.07, 6.45) is 0. The molecule has 0 fully saturated rings. The smallest absolute Gasteiger partial charge is 0.0592 e. The van der Waals surface area contributed by atoms with Crippen molar-refractivity contribution >= 4 is 57.1 Å². The van der Waals surface area contributed by atoms with Gasteiger partial charge in [-0.05, 0) is 58.7 Å². The first-order chi connectivity index (χ1) is 7.11. The lowest BCUT2D eigenvalue weighted by molar-refractivity contribution is 1.45. The zero-order valence-electron chi connectivity index (χ0n) is 7.85. The molecule has 2 aromatic rings. The molecule has 0 bridgehead atoms. The van der Waals surface area contributed by atoms with Crippen molar-refractivity contribution in [2.45, 2.75) is 6.92 Å². The van der Waals surface area contributed by atoms with E-state index in [1.807, 2.05) is 30.5 Å². The third kappa shape index (κ3) is 2.18. The Morgan fingerprint density at radius 2 is 1.87 bits per heavy atom. The fourth-order valence-corrected chi connectivity index (χ4v) is 3.87. The lowest BCUT2D eigenvalue weighted by Gasteiger charge is -2.08. The molecule has 0 aliphatic heterocycles.